The van der Waals surface area contributed by atoms with E-state index in [0.29, 0.717) is 30.7 Å². The standard InChI is InChI=1S/C16H25N3O4S/c1-13-15(3-4-16(17-13)22-2)24(20,21)19-9-7-18(8-10-19)14-5-11-23-12-6-14/h3-4,14H,5-12H2,1-2H3. The van der Waals surface area contributed by atoms with E-state index in [2.05, 4.69) is 9.88 Å². The van der Waals surface area contributed by atoms with Crippen LogP contribution >= 0.6 is 0 Å². The fourth-order valence-corrected chi connectivity index (χ4v) is 4.99. The molecule has 0 radical (unpaired) electrons. The van der Waals surface area contributed by atoms with E-state index in [1.165, 1.54) is 7.11 Å². The highest BCUT2D eigenvalue weighted by Crippen LogP contribution is 2.24. The van der Waals surface area contributed by atoms with E-state index in [9.17, 15) is 8.42 Å². The van der Waals surface area contributed by atoms with Crippen molar-refractivity contribution in [1.29, 1.82) is 0 Å². The number of hydrogen-bond donors (Lipinski definition) is 0. The zero-order valence-electron chi connectivity index (χ0n) is 14.3. The van der Waals surface area contributed by atoms with Gasteiger partial charge in [0, 0.05) is 51.5 Å². The van der Waals surface area contributed by atoms with Crippen LogP contribution in [-0.2, 0) is 14.8 Å². The number of aryl methyl sites for hydroxylation is 1. The first kappa shape index (κ1) is 17.6. The molecule has 7 nitrogen and oxygen atoms in total. The topological polar surface area (TPSA) is 72.0 Å². The van der Waals surface area contributed by atoms with Crippen molar-refractivity contribution >= 4 is 10.0 Å². The Hall–Kier alpha value is -1.22. The molecule has 1 aromatic rings. The van der Waals surface area contributed by atoms with Crippen molar-refractivity contribution in [2.75, 3.05) is 46.5 Å². The molecule has 24 heavy (non-hydrogen) atoms. The summed E-state index contributed by atoms with van der Waals surface area (Å²) in [5, 5.41) is 0. The second-order valence-electron chi connectivity index (χ2n) is 6.22. The summed E-state index contributed by atoms with van der Waals surface area (Å²) in [4.78, 5) is 6.85. The molecule has 1 aromatic heterocycles. The average molecular weight is 355 g/mol. The van der Waals surface area contributed by atoms with Crippen LogP contribution in [0, 0.1) is 6.92 Å². The SMILES string of the molecule is COc1ccc(S(=O)(=O)N2CCN(C3CCOCC3)CC2)c(C)n1. The number of pyridine rings is 1. The number of sulfonamides is 1. The molecule has 0 amide bonds. The van der Waals surface area contributed by atoms with E-state index in [1.807, 2.05) is 0 Å². The van der Waals surface area contributed by atoms with Gasteiger partial charge in [-0.2, -0.15) is 4.31 Å². The number of nitrogens with zero attached hydrogens (tertiary/aromatic N) is 3. The Kier molecular flexibility index (Phi) is 5.39. The van der Waals surface area contributed by atoms with Gasteiger partial charge in [-0.05, 0) is 25.8 Å². The zero-order valence-corrected chi connectivity index (χ0v) is 15.1. The van der Waals surface area contributed by atoms with E-state index >= 15 is 0 Å². The highest BCUT2D eigenvalue weighted by atomic mass is 32.2. The van der Waals surface area contributed by atoms with Crippen molar-refractivity contribution in [1.82, 2.24) is 14.2 Å². The van der Waals surface area contributed by atoms with E-state index in [0.717, 1.165) is 39.1 Å². The second-order valence-corrected chi connectivity index (χ2v) is 8.13. The Labute approximate surface area is 143 Å². The highest BCUT2D eigenvalue weighted by Gasteiger charge is 2.32. The molecule has 3 rings (SSSR count). The molecule has 0 spiro atoms. The summed E-state index contributed by atoms with van der Waals surface area (Å²) in [6.07, 6.45) is 2.07. The predicted octanol–water partition coefficient (Wildman–Crippen LogP) is 0.884. The third-order valence-corrected chi connectivity index (χ3v) is 6.85. The fourth-order valence-electron chi connectivity index (χ4n) is 3.41. The summed E-state index contributed by atoms with van der Waals surface area (Å²) in [5.74, 6) is 0.427. The van der Waals surface area contributed by atoms with Crippen molar-refractivity contribution in [3.63, 3.8) is 0 Å². The lowest BCUT2D eigenvalue weighted by atomic mass is 10.1. The van der Waals surface area contributed by atoms with Gasteiger partial charge in [-0.1, -0.05) is 0 Å². The Morgan fingerprint density at radius 1 is 1.17 bits per heavy atom. The maximum Gasteiger partial charge on any atom is 0.244 e. The minimum atomic E-state index is -3.51. The molecule has 0 bridgehead atoms. The lowest BCUT2D eigenvalue weighted by Crippen LogP contribution is -2.53. The number of rotatable bonds is 4. The molecule has 0 N–H and O–H groups in total. The van der Waals surface area contributed by atoms with Gasteiger partial charge in [-0.3, -0.25) is 4.90 Å². The van der Waals surface area contributed by atoms with Crippen LogP contribution in [0.3, 0.4) is 0 Å². The third kappa shape index (κ3) is 3.56. The van der Waals surface area contributed by atoms with Crippen LogP contribution in [0.1, 0.15) is 18.5 Å². The molecule has 134 valence electrons. The molecular weight excluding hydrogens is 330 g/mol. The van der Waals surface area contributed by atoms with Gasteiger partial charge in [0.05, 0.1) is 12.8 Å². The van der Waals surface area contributed by atoms with E-state index in [1.54, 1.807) is 23.4 Å². The Morgan fingerprint density at radius 3 is 2.42 bits per heavy atom. The van der Waals surface area contributed by atoms with Gasteiger partial charge in [0.15, 0.2) is 0 Å². The quantitative estimate of drug-likeness (QED) is 0.799. The number of hydrogen-bond acceptors (Lipinski definition) is 6. The molecular formula is C16H25N3O4S. The fraction of sp³-hybridized carbons (Fsp3) is 0.688. The smallest absolute Gasteiger partial charge is 0.244 e. The van der Waals surface area contributed by atoms with Crippen LogP contribution in [0.25, 0.3) is 0 Å². The van der Waals surface area contributed by atoms with Crippen LogP contribution in [-0.4, -0.2) is 75.2 Å². The summed E-state index contributed by atoms with van der Waals surface area (Å²) < 4.78 is 37.8. The summed E-state index contributed by atoms with van der Waals surface area (Å²) in [5.41, 5.74) is 0.473. The maximum atomic E-state index is 12.9. The normalized spacial score (nSPS) is 21.8. The van der Waals surface area contributed by atoms with Crippen molar-refractivity contribution in [2.24, 2.45) is 0 Å². The molecule has 2 aliphatic heterocycles. The van der Waals surface area contributed by atoms with E-state index in [4.69, 9.17) is 9.47 Å². The molecule has 0 unspecified atom stereocenters. The van der Waals surface area contributed by atoms with Crippen LogP contribution in [0.5, 0.6) is 5.88 Å². The maximum absolute atomic E-state index is 12.9. The lowest BCUT2D eigenvalue weighted by molar-refractivity contribution is 0.0229. The van der Waals surface area contributed by atoms with Crippen molar-refractivity contribution in [3.05, 3.63) is 17.8 Å². The van der Waals surface area contributed by atoms with Crippen LogP contribution in [0.15, 0.2) is 17.0 Å². The van der Waals surface area contributed by atoms with Crippen molar-refractivity contribution in [3.8, 4) is 5.88 Å². The van der Waals surface area contributed by atoms with Gasteiger partial charge in [0.2, 0.25) is 15.9 Å². The van der Waals surface area contributed by atoms with Crippen molar-refractivity contribution < 1.29 is 17.9 Å². The van der Waals surface area contributed by atoms with Gasteiger partial charge < -0.3 is 9.47 Å². The van der Waals surface area contributed by atoms with Crippen LogP contribution in [0.2, 0.25) is 0 Å². The van der Waals surface area contributed by atoms with Crippen LogP contribution < -0.4 is 4.74 Å². The molecule has 2 saturated heterocycles. The number of piperazine rings is 1. The van der Waals surface area contributed by atoms with Crippen molar-refractivity contribution in [2.45, 2.75) is 30.7 Å². The average Bonchev–Trinajstić information content (AvgIpc) is 2.62. The molecule has 0 aliphatic carbocycles. The van der Waals surface area contributed by atoms with Crippen LogP contribution in [0.4, 0.5) is 0 Å². The molecule has 2 aliphatic rings. The first-order valence-electron chi connectivity index (χ1n) is 8.36. The zero-order chi connectivity index (χ0) is 17.2. The Morgan fingerprint density at radius 2 is 1.83 bits per heavy atom. The summed E-state index contributed by atoms with van der Waals surface area (Å²) in [6, 6.07) is 3.70. The predicted molar refractivity (Wildman–Crippen MR) is 89.7 cm³/mol. The Balaban J connectivity index is 1.68. The second kappa shape index (κ2) is 7.35. The molecule has 8 heteroatoms. The van der Waals surface area contributed by atoms with Gasteiger partial charge in [-0.15, -0.1) is 0 Å². The van der Waals surface area contributed by atoms with Gasteiger partial charge in [0.1, 0.15) is 4.90 Å². The van der Waals surface area contributed by atoms with E-state index in [-0.39, 0.29) is 4.90 Å². The van der Waals surface area contributed by atoms with E-state index < -0.39 is 10.0 Å². The summed E-state index contributed by atoms with van der Waals surface area (Å²) in [7, 11) is -1.99. The lowest BCUT2D eigenvalue weighted by Gasteiger charge is -2.40. The molecule has 2 fully saturated rings. The van der Waals surface area contributed by atoms with Gasteiger partial charge >= 0.3 is 0 Å². The molecule has 0 saturated carbocycles. The number of methoxy groups -OCH3 is 1. The number of aromatic nitrogens is 1. The molecule has 0 atom stereocenters. The number of ether oxygens (including phenoxy) is 2. The first-order chi connectivity index (χ1) is 11.5. The van der Waals surface area contributed by atoms with Gasteiger partial charge in [-0.25, -0.2) is 13.4 Å². The van der Waals surface area contributed by atoms with Gasteiger partial charge in [0.25, 0.3) is 0 Å². The minimum absolute atomic E-state index is 0.266. The minimum Gasteiger partial charge on any atom is -0.481 e. The molecule has 0 aromatic carbocycles. The monoisotopic (exact) mass is 355 g/mol. The largest absolute Gasteiger partial charge is 0.481 e. The summed E-state index contributed by atoms with van der Waals surface area (Å²) >= 11 is 0. The highest BCUT2D eigenvalue weighted by molar-refractivity contribution is 7.89. The third-order valence-electron chi connectivity index (χ3n) is 4.82. The Bertz CT molecular complexity index is 666. The summed E-state index contributed by atoms with van der Waals surface area (Å²) in [6.45, 7) is 5.89. The molecule has 3 heterocycles. The first-order valence-corrected chi connectivity index (χ1v) is 9.80.